The van der Waals surface area contributed by atoms with Crippen molar-refractivity contribution in [2.75, 3.05) is 18.0 Å². The summed E-state index contributed by atoms with van der Waals surface area (Å²) in [4.78, 5) is 2.28. The van der Waals surface area contributed by atoms with E-state index in [2.05, 4.69) is 72.2 Å². The van der Waals surface area contributed by atoms with Crippen LogP contribution in [0.1, 0.15) is 5.56 Å². The van der Waals surface area contributed by atoms with Gasteiger partial charge in [0.05, 0.1) is 0 Å². The van der Waals surface area contributed by atoms with E-state index >= 15 is 0 Å². The lowest BCUT2D eigenvalue weighted by molar-refractivity contribution is 0.958. The fourth-order valence-electron chi connectivity index (χ4n) is 1.96. The van der Waals surface area contributed by atoms with Gasteiger partial charge in [-0.15, -0.1) is 6.58 Å². The Morgan fingerprint density at radius 3 is 2.11 bits per heavy atom. The topological polar surface area (TPSA) is 3.24 Å². The third kappa shape index (κ3) is 4.14. The van der Waals surface area contributed by atoms with Crippen LogP contribution >= 0.6 is 0 Å². The van der Waals surface area contributed by atoms with Crippen LogP contribution in [-0.2, 0) is 0 Å². The van der Waals surface area contributed by atoms with E-state index in [0.29, 0.717) is 0 Å². The third-order valence-electron chi connectivity index (χ3n) is 2.91. The van der Waals surface area contributed by atoms with E-state index in [4.69, 9.17) is 0 Å². The lowest BCUT2D eigenvalue weighted by Gasteiger charge is -2.21. The van der Waals surface area contributed by atoms with Crippen molar-refractivity contribution in [3.05, 3.63) is 85.0 Å². The number of nitrogens with zero attached hydrogens (tertiary/aromatic N) is 1. The zero-order valence-electron chi connectivity index (χ0n) is 11.1. The Balaban J connectivity index is 2.02. The smallest absolute Gasteiger partial charge is 0.0371 e. The first-order valence-electron chi connectivity index (χ1n) is 6.52. The zero-order chi connectivity index (χ0) is 13.3. The van der Waals surface area contributed by atoms with Gasteiger partial charge in [-0.1, -0.05) is 66.8 Å². The van der Waals surface area contributed by atoms with Gasteiger partial charge in [-0.3, -0.25) is 0 Å². The molecule has 0 heterocycles. The van der Waals surface area contributed by atoms with Gasteiger partial charge in [-0.2, -0.15) is 0 Å². The second kappa shape index (κ2) is 7.22. The van der Waals surface area contributed by atoms with Crippen LogP contribution in [0.25, 0.3) is 6.08 Å². The molecule has 0 amide bonds. The summed E-state index contributed by atoms with van der Waals surface area (Å²) in [5, 5.41) is 0. The molecule has 0 spiro atoms. The summed E-state index contributed by atoms with van der Waals surface area (Å²) in [6.07, 6.45) is 6.27. The van der Waals surface area contributed by atoms with Crippen LogP contribution in [0.5, 0.6) is 0 Å². The summed E-state index contributed by atoms with van der Waals surface area (Å²) in [5.74, 6) is 0. The predicted molar refractivity (Wildman–Crippen MR) is 84.3 cm³/mol. The Morgan fingerprint density at radius 2 is 1.47 bits per heavy atom. The van der Waals surface area contributed by atoms with Gasteiger partial charge in [0.25, 0.3) is 0 Å². The summed E-state index contributed by atoms with van der Waals surface area (Å²) >= 11 is 0. The van der Waals surface area contributed by atoms with Crippen molar-refractivity contribution in [2.24, 2.45) is 0 Å². The number of anilines is 1. The first-order chi connectivity index (χ1) is 9.40. The van der Waals surface area contributed by atoms with Gasteiger partial charge in [-0.05, 0) is 17.7 Å². The fourth-order valence-corrected chi connectivity index (χ4v) is 1.96. The van der Waals surface area contributed by atoms with E-state index < -0.39 is 0 Å². The molecule has 0 unspecified atom stereocenters. The van der Waals surface area contributed by atoms with E-state index in [0.717, 1.165) is 13.1 Å². The lowest BCUT2D eigenvalue weighted by Crippen LogP contribution is -2.22. The van der Waals surface area contributed by atoms with E-state index in [-0.39, 0.29) is 0 Å². The maximum Gasteiger partial charge on any atom is 0.0371 e. The van der Waals surface area contributed by atoms with Gasteiger partial charge < -0.3 is 4.90 Å². The van der Waals surface area contributed by atoms with Crippen molar-refractivity contribution in [2.45, 2.75) is 0 Å². The van der Waals surface area contributed by atoms with Gasteiger partial charge >= 0.3 is 0 Å². The van der Waals surface area contributed by atoms with Crippen LogP contribution < -0.4 is 4.90 Å². The first-order valence-corrected chi connectivity index (χ1v) is 6.52. The highest BCUT2D eigenvalue weighted by atomic mass is 15.1. The molecule has 96 valence electrons. The molecule has 1 heteroatoms. The SMILES string of the molecule is C=CCN(C/C=C/c1ccccc1)c1ccccc1. The fraction of sp³-hybridized carbons (Fsp3) is 0.111. The average Bonchev–Trinajstić information content (AvgIpc) is 2.48. The minimum Gasteiger partial charge on any atom is -0.364 e. The minimum atomic E-state index is 0.850. The largest absolute Gasteiger partial charge is 0.364 e. The van der Waals surface area contributed by atoms with Gasteiger partial charge in [0.2, 0.25) is 0 Å². The van der Waals surface area contributed by atoms with Gasteiger partial charge in [0, 0.05) is 18.8 Å². The molecule has 19 heavy (non-hydrogen) atoms. The van der Waals surface area contributed by atoms with E-state index in [1.165, 1.54) is 11.3 Å². The lowest BCUT2D eigenvalue weighted by atomic mass is 10.2. The van der Waals surface area contributed by atoms with Crippen LogP contribution in [0, 0.1) is 0 Å². The Hall–Kier alpha value is -2.28. The highest BCUT2D eigenvalue weighted by Crippen LogP contribution is 2.13. The number of para-hydroxylation sites is 1. The highest BCUT2D eigenvalue weighted by Gasteiger charge is 2.00. The van der Waals surface area contributed by atoms with E-state index in [9.17, 15) is 0 Å². The quantitative estimate of drug-likeness (QED) is 0.686. The molecular formula is C18H19N. The van der Waals surface area contributed by atoms with E-state index in [1.807, 2.05) is 18.2 Å². The van der Waals surface area contributed by atoms with E-state index in [1.54, 1.807) is 0 Å². The number of benzene rings is 2. The first kappa shape index (κ1) is 13.2. The Morgan fingerprint density at radius 1 is 0.842 bits per heavy atom. The zero-order valence-corrected chi connectivity index (χ0v) is 11.1. The van der Waals surface area contributed by atoms with Gasteiger partial charge in [-0.25, -0.2) is 0 Å². The normalized spacial score (nSPS) is 10.5. The number of hydrogen-bond donors (Lipinski definition) is 0. The van der Waals surface area contributed by atoms with Crippen LogP contribution in [-0.4, -0.2) is 13.1 Å². The Labute approximate surface area is 115 Å². The van der Waals surface area contributed by atoms with Gasteiger partial charge in [0.1, 0.15) is 0 Å². The monoisotopic (exact) mass is 249 g/mol. The summed E-state index contributed by atoms with van der Waals surface area (Å²) in [7, 11) is 0. The molecule has 0 aliphatic carbocycles. The average molecular weight is 249 g/mol. The maximum atomic E-state index is 3.83. The van der Waals surface area contributed by atoms with Gasteiger partial charge in [0.15, 0.2) is 0 Å². The molecule has 0 radical (unpaired) electrons. The molecule has 0 fully saturated rings. The standard InChI is InChI=1S/C18H19N/c1-2-15-19(18-13-7-4-8-14-18)16-9-12-17-10-5-3-6-11-17/h2-14H,1,15-16H2/b12-9+. The third-order valence-corrected chi connectivity index (χ3v) is 2.91. The maximum absolute atomic E-state index is 3.83. The predicted octanol–water partition coefficient (Wildman–Crippen LogP) is 4.39. The summed E-state index contributed by atoms with van der Waals surface area (Å²) < 4.78 is 0. The molecule has 2 aromatic rings. The molecular weight excluding hydrogens is 230 g/mol. The molecule has 0 saturated carbocycles. The molecule has 0 aromatic heterocycles. The molecule has 2 aromatic carbocycles. The van der Waals surface area contributed by atoms with Crippen LogP contribution in [0.2, 0.25) is 0 Å². The molecule has 0 aliphatic rings. The van der Waals surface area contributed by atoms with Crippen LogP contribution in [0.4, 0.5) is 5.69 Å². The summed E-state index contributed by atoms with van der Waals surface area (Å²) in [5.41, 5.74) is 2.45. The molecule has 0 atom stereocenters. The summed E-state index contributed by atoms with van der Waals surface area (Å²) in [6.45, 7) is 5.56. The van der Waals surface area contributed by atoms with Crippen LogP contribution in [0.15, 0.2) is 79.4 Å². The second-order valence-corrected chi connectivity index (χ2v) is 4.34. The molecule has 0 N–H and O–H groups in total. The molecule has 1 nitrogen and oxygen atoms in total. The number of rotatable bonds is 6. The van der Waals surface area contributed by atoms with Crippen molar-refractivity contribution in [1.82, 2.24) is 0 Å². The molecule has 2 rings (SSSR count). The van der Waals surface area contributed by atoms with Crippen molar-refractivity contribution in [1.29, 1.82) is 0 Å². The second-order valence-electron chi connectivity index (χ2n) is 4.34. The number of hydrogen-bond acceptors (Lipinski definition) is 1. The minimum absolute atomic E-state index is 0.850. The van der Waals surface area contributed by atoms with Crippen LogP contribution in [0.3, 0.4) is 0 Å². The highest BCUT2D eigenvalue weighted by molar-refractivity contribution is 5.52. The van der Waals surface area contributed by atoms with Crippen molar-refractivity contribution in [3.8, 4) is 0 Å². The molecule has 0 bridgehead atoms. The molecule has 0 saturated heterocycles. The van der Waals surface area contributed by atoms with Crippen molar-refractivity contribution >= 4 is 11.8 Å². The molecule has 0 aliphatic heterocycles. The van der Waals surface area contributed by atoms with Crippen molar-refractivity contribution in [3.63, 3.8) is 0 Å². The summed E-state index contributed by atoms with van der Waals surface area (Å²) in [6, 6.07) is 20.8. The van der Waals surface area contributed by atoms with Crippen molar-refractivity contribution < 1.29 is 0 Å². The Kier molecular flexibility index (Phi) is 5.00. The Bertz CT molecular complexity index is 514.